The molecule has 0 spiro atoms. The highest BCUT2D eigenvalue weighted by Gasteiger charge is 2.19. The molecule has 5 nitrogen and oxygen atoms in total. The van der Waals surface area contributed by atoms with Crippen LogP contribution in [0.3, 0.4) is 0 Å². The van der Waals surface area contributed by atoms with E-state index in [1.807, 2.05) is 6.07 Å². The minimum Gasteiger partial charge on any atom is -0.324 e. The van der Waals surface area contributed by atoms with Crippen molar-refractivity contribution in [2.45, 2.75) is 32.1 Å². The van der Waals surface area contributed by atoms with Gasteiger partial charge in [-0.15, -0.1) is 0 Å². The Balaban J connectivity index is 1.77. The number of anilines is 1. The lowest BCUT2D eigenvalue weighted by molar-refractivity contribution is -0.117. The van der Waals surface area contributed by atoms with Crippen molar-refractivity contribution in [1.29, 1.82) is 0 Å². The molecular formula is C15H17ClN4O. The van der Waals surface area contributed by atoms with Crippen molar-refractivity contribution in [3.63, 3.8) is 0 Å². The van der Waals surface area contributed by atoms with Crippen molar-refractivity contribution in [2.75, 3.05) is 5.32 Å². The minimum absolute atomic E-state index is 0.0329. The van der Waals surface area contributed by atoms with E-state index >= 15 is 0 Å². The smallest absolute Gasteiger partial charge is 0.224 e. The number of carbonyl (C=O) groups excluding carboxylic acids is 1. The number of benzene rings is 1. The zero-order chi connectivity index (χ0) is 14.7. The quantitative estimate of drug-likeness (QED) is 0.941. The van der Waals surface area contributed by atoms with E-state index in [1.54, 1.807) is 23.1 Å². The van der Waals surface area contributed by atoms with E-state index in [4.69, 9.17) is 11.6 Å². The average molecular weight is 305 g/mol. The Morgan fingerprint density at radius 1 is 1.38 bits per heavy atom. The highest BCUT2D eigenvalue weighted by molar-refractivity contribution is 6.31. The molecule has 0 bridgehead atoms. The Morgan fingerprint density at radius 3 is 2.90 bits per heavy atom. The van der Waals surface area contributed by atoms with Crippen LogP contribution in [0.2, 0.25) is 5.02 Å². The predicted molar refractivity (Wildman–Crippen MR) is 81.6 cm³/mol. The minimum atomic E-state index is 0.0329. The van der Waals surface area contributed by atoms with Crippen molar-refractivity contribution >= 4 is 23.2 Å². The fourth-order valence-corrected chi connectivity index (χ4v) is 2.99. The van der Waals surface area contributed by atoms with Crippen molar-refractivity contribution in [2.24, 2.45) is 5.92 Å². The molecule has 0 unspecified atom stereocenters. The topological polar surface area (TPSA) is 59.8 Å². The molecule has 1 heterocycles. The number of rotatable bonds is 4. The van der Waals surface area contributed by atoms with E-state index in [0.717, 1.165) is 18.5 Å². The van der Waals surface area contributed by atoms with Gasteiger partial charge in [-0.3, -0.25) is 4.79 Å². The third-order valence-corrected chi connectivity index (χ3v) is 4.08. The number of nitrogens with zero attached hydrogens (tertiary/aromatic N) is 3. The molecule has 1 N–H and O–H groups in total. The first-order chi connectivity index (χ1) is 10.2. The Morgan fingerprint density at radius 2 is 2.19 bits per heavy atom. The average Bonchev–Trinajstić information content (AvgIpc) is 3.11. The molecule has 0 radical (unpaired) electrons. The normalized spacial score (nSPS) is 15.3. The monoisotopic (exact) mass is 304 g/mol. The van der Waals surface area contributed by atoms with Gasteiger partial charge >= 0.3 is 0 Å². The summed E-state index contributed by atoms with van der Waals surface area (Å²) in [5.74, 6) is 0.546. The zero-order valence-corrected chi connectivity index (χ0v) is 12.4. The van der Waals surface area contributed by atoms with Crippen LogP contribution in [0.15, 0.2) is 30.9 Å². The Labute approximate surface area is 128 Å². The van der Waals surface area contributed by atoms with Crippen molar-refractivity contribution in [1.82, 2.24) is 14.8 Å². The maximum atomic E-state index is 12.2. The zero-order valence-electron chi connectivity index (χ0n) is 11.6. The molecule has 0 aliphatic heterocycles. The van der Waals surface area contributed by atoms with Gasteiger partial charge in [0.1, 0.15) is 12.7 Å². The van der Waals surface area contributed by atoms with Crippen LogP contribution in [0.4, 0.5) is 5.69 Å². The molecule has 1 saturated carbocycles. The number of carbonyl (C=O) groups is 1. The van der Waals surface area contributed by atoms with E-state index in [9.17, 15) is 4.79 Å². The number of hydrogen-bond donors (Lipinski definition) is 1. The van der Waals surface area contributed by atoms with E-state index in [-0.39, 0.29) is 5.91 Å². The third-order valence-electron chi connectivity index (χ3n) is 3.85. The van der Waals surface area contributed by atoms with Gasteiger partial charge in [-0.25, -0.2) is 9.67 Å². The van der Waals surface area contributed by atoms with Crippen molar-refractivity contribution in [3.8, 4) is 5.69 Å². The molecule has 110 valence electrons. The van der Waals surface area contributed by atoms with Crippen LogP contribution >= 0.6 is 11.6 Å². The van der Waals surface area contributed by atoms with Gasteiger partial charge in [-0.2, -0.15) is 5.10 Å². The van der Waals surface area contributed by atoms with Gasteiger partial charge in [0, 0.05) is 11.4 Å². The van der Waals surface area contributed by atoms with Crippen LogP contribution in [0, 0.1) is 5.92 Å². The molecule has 0 atom stereocenters. The van der Waals surface area contributed by atoms with E-state index in [0.29, 0.717) is 23.0 Å². The number of halogens is 1. The molecule has 6 heteroatoms. The van der Waals surface area contributed by atoms with Gasteiger partial charge in [0.2, 0.25) is 5.91 Å². The highest BCUT2D eigenvalue weighted by Crippen LogP contribution is 2.29. The van der Waals surface area contributed by atoms with Gasteiger partial charge in [0.15, 0.2) is 0 Å². The Bertz CT molecular complexity index is 621. The van der Waals surface area contributed by atoms with E-state index < -0.39 is 0 Å². The molecule has 21 heavy (non-hydrogen) atoms. The lowest BCUT2D eigenvalue weighted by atomic mass is 10.0. The van der Waals surface area contributed by atoms with Crippen molar-refractivity contribution < 1.29 is 4.79 Å². The second-order valence-corrected chi connectivity index (χ2v) is 5.84. The molecule has 1 aliphatic carbocycles. The molecule has 1 aromatic carbocycles. The van der Waals surface area contributed by atoms with Crippen LogP contribution < -0.4 is 5.32 Å². The molecule has 3 rings (SSSR count). The largest absolute Gasteiger partial charge is 0.324 e. The van der Waals surface area contributed by atoms with Crippen LogP contribution in [0.1, 0.15) is 32.1 Å². The first kappa shape index (κ1) is 14.1. The fourth-order valence-electron chi connectivity index (χ4n) is 2.82. The van der Waals surface area contributed by atoms with Gasteiger partial charge in [0.05, 0.1) is 11.4 Å². The summed E-state index contributed by atoms with van der Waals surface area (Å²) in [5.41, 5.74) is 1.42. The van der Waals surface area contributed by atoms with Crippen LogP contribution in [0.25, 0.3) is 5.69 Å². The van der Waals surface area contributed by atoms with Gasteiger partial charge in [-0.05, 0) is 37.0 Å². The summed E-state index contributed by atoms with van der Waals surface area (Å²) in [6.45, 7) is 0. The summed E-state index contributed by atoms with van der Waals surface area (Å²) in [7, 11) is 0. The number of amides is 1. The summed E-state index contributed by atoms with van der Waals surface area (Å²) in [4.78, 5) is 16.1. The molecule has 2 aromatic rings. The molecule has 1 fully saturated rings. The number of aromatic nitrogens is 3. The molecule has 0 saturated heterocycles. The standard InChI is InChI=1S/C15H17ClN4O/c16-12-5-6-14(20-10-17-9-18-20)13(8-12)19-15(21)7-11-3-1-2-4-11/h5-6,8-11H,1-4,7H2,(H,19,21). The molecule has 1 amide bonds. The van der Waals surface area contributed by atoms with Crippen LogP contribution in [0.5, 0.6) is 0 Å². The second kappa shape index (κ2) is 6.26. The number of hydrogen-bond acceptors (Lipinski definition) is 3. The number of nitrogens with one attached hydrogen (secondary N) is 1. The third kappa shape index (κ3) is 3.42. The van der Waals surface area contributed by atoms with Gasteiger partial charge in [-0.1, -0.05) is 24.4 Å². The Kier molecular flexibility index (Phi) is 4.20. The van der Waals surface area contributed by atoms with Gasteiger partial charge in [0.25, 0.3) is 0 Å². The molecule has 1 aliphatic rings. The van der Waals surface area contributed by atoms with E-state index in [1.165, 1.54) is 19.2 Å². The maximum Gasteiger partial charge on any atom is 0.224 e. The van der Waals surface area contributed by atoms with Crippen molar-refractivity contribution in [3.05, 3.63) is 35.9 Å². The predicted octanol–water partition coefficient (Wildman–Crippen LogP) is 3.44. The summed E-state index contributed by atoms with van der Waals surface area (Å²) in [6.07, 6.45) is 8.40. The molecule has 1 aromatic heterocycles. The first-order valence-corrected chi connectivity index (χ1v) is 7.54. The Hall–Kier alpha value is -1.88. The maximum absolute atomic E-state index is 12.2. The SMILES string of the molecule is O=C(CC1CCCC1)Nc1cc(Cl)ccc1-n1cncn1. The first-order valence-electron chi connectivity index (χ1n) is 7.17. The van der Waals surface area contributed by atoms with Crippen LogP contribution in [-0.4, -0.2) is 20.7 Å². The summed E-state index contributed by atoms with van der Waals surface area (Å²) >= 11 is 6.04. The van der Waals surface area contributed by atoms with Gasteiger partial charge < -0.3 is 5.32 Å². The highest BCUT2D eigenvalue weighted by atomic mass is 35.5. The summed E-state index contributed by atoms with van der Waals surface area (Å²) in [6, 6.07) is 5.33. The van der Waals surface area contributed by atoms with E-state index in [2.05, 4.69) is 15.4 Å². The lowest BCUT2D eigenvalue weighted by Crippen LogP contribution is -2.16. The van der Waals surface area contributed by atoms with Crippen LogP contribution in [-0.2, 0) is 4.79 Å². The lowest BCUT2D eigenvalue weighted by Gasteiger charge is -2.13. The summed E-state index contributed by atoms with van der Waals surface area (Å²) < 4.78 is 1.61. The second-order valence-electron chi connectivity index (χ2n) is 5.40. The summed E-state index contributed by atoms with van der Waals surface area (Å²) in [5, 5.41) is 7.63. The molecular weight excluding hydrogens is 288 g/mol. The fraction of sp³-hybridized carbons (Fsp3) is 0.400.